The zero-order valence-electron chi connectivity index (χ0n) is 12.9. The number of rotatable bonds is 5. The summed E-state index contributed by atoms with van der Waals surface area (Å²) in [6.45, 7) is 0. The standard InChI is InChI=1S/C16H27NO4/c1-21-13-7-6-12(10-13)17-14(18)11-16(15(19)20)8-4-2-3-5-9-16/h12-13H,2-11H2,1H3,(H,17,18)(H,19,20). The van der Waals surface area contributed by atoms with E-state index in [0.29, 0.717) is 12.8 Å². The van der Waals surface area contributed by atoms with Gasteiger partial charge in [-0.3, -0.25) is 9.59 Å². The number of hydrogen-bond donors (Lipinski definition) is 2. The van der Waals surface area contributed by atoms with E-state index in [1.807, 2.05) is 0 Å². The van der Waals surface area contributed by atoms with Crippen molar-refractivity contribution in [2.75, 3.05) is 7.11 Å². The minimum atomic E-state index is -0.847. The molecule has 5 nitrogen and oxygen atoms in total. The van der Waals surface area contributed by atoms with E-state index in [9.17, 15) is 14.7 Å². The van der Waals surface area contributed by atoms with E-state index in [-0.39, 0.29) is 24.5 Å². The number of nitrogens with one attached hydrogen (secondary N) is 1. The first-order valence-corrected chi connectivity index (χ1v) is 8.11. The Bertz CT molecular complexity index is 374. The van der Waals surface area contributed by atoms with Crippen LogP contribution in [0.15, 0.2) is 0 Å². The second-order valence-corrected chi connectivity index (χ2v) is 6.61. The predicted octanol–water partition coefficient (Wildman–Crippen LogP) is 2.49. The quantitative estimate of drug-likeness (QED) is 0.764. The highest BCUT2D eigenvalue weighted by molar-refractivity contribution is 5.85. The number of aliphatic carboxylic acids is 1. The molecule has 0 aromatic heterocycles. The maximum absolute atomic E-state index is 12.3. The number of ether oxygens (including phenoxy) is 1. The lowest BCUT2D eigenvalue weighted by Crippen LogP contribution is -2.40. The van der Waals surface area contributed by atoms with Gasteiger partial charge in [-0.25, -0.2) is 0 Å². The molecule has 2 aliphatic rings. The molecule has 0 bridgehead atoms. The molecule has 2 atom stereocenters. The van der Waals surface area contributed by atoms with Crippen molar-refractivity contribution in [1.29, 1.82) is 0 Å². The first-order chi connectivity index (χ1) is 10.1. The molecule has 0 aromatic rings. The van der Waals surface area contributed by atoms with Crippen LogP contribution in [0, 0.1) is 5.41 Å². The van der Waals surface area contributed by atoms with E-state index < -0.39 is 11.4 Å². The van der Waals surface area contributed by atoms with E-state index in [4.69, 9.17) is 4.74 Å². The number of hydrogen-bond acceptors (Lipinski definition) is 3. The van der Waals surface area contributed by atoms with Crippen LogP contribution in [0.4, 0.5) is 0 Å². The van der Waals surface area contributed by atoms with Crippen molar-refractivity contribution in [1.82, 2.24) is 5.32 Å². The topological polar surface area (TPSA) is 75.6 Å². The van der Waals surface area contributed by atoms with Gasteiger partial charge < -0.3 is 15.2 Å². The zero-order valence-corrected chi connectivity index (χ0v) is 12.9. The summed E-state index contributed by atoms with van der Waals surface area (Å²) in [5.41, 5.74) is -0.847. The lowest BCUT2D eigenvalue weighted by Gasteiger charge is -2.28. The first kappa shape index (κ1) is 16.3. The molecular formula is C16H27NO4. The van der Waals surface area contributed by atoms with Crippen molar-refractivity contribution in [3.63, 3.8) is 0 Å². The van der Waals surface area contributed by atoms with Gasteiger partial charge >= 0.3 is 5.97 Å². The molecule has 0 heterocycles. The molecule has 0 spiro atoms. The molecule has 2 unspecified atom stereocenters. The molecule has 2 fully saturated rings. The number of carbonyl (C=O) groups is 2. The second kappa shape index (κ2) is 7.25. The Morgan fingerprint density at radius 3 is 2.38 bits per heavy atom. The number of carboxylic acid groups (broad SMARTS) is 1. The van der Waals surface area contributed by atoms with Gasteiger partial charge in [0.15, 0.2) is 0 Å². The van der Waals surface area contributed by atoms with Gasteiger partial charge in [0.2, 0.25) is 5.91 Å². The molecule has 2 N–H and O–H groups in total. The molecule has 2 saturated carbocycles. The van der Waals surface area contributed by atoms with Crippen molar-refractivity contribution in [3.05, 3.63) is 0 Å². The summed E-state index contributed by atoms with van der Waals surface area (Å²) in [4.78, 5) is 24.0. The van der Waals surface area contributed by atoms with Crippen LogP contribution in [0.3, 0.4) is 0 Å². The predicted molar refractivity (Wildman–Crippen MR) is 79.0 cm³/mol. The van der Waals surface area contributed by atoms with Crippen LogP contribution in [-0.2, 0) is 14.3 Å². The number of carbonyl (C=O) groups excluding carboxylic acids is 1. The third kappa shape index (κ3) is 4.19. The third-order valence-corrected chi connectivity index (χ3v) is 5.10. The van der Waals surface area contributed by atoms with Gasteiger partial charge in [0.25, 0.3) is 0 Å². The lowest BCUT2D eigenvalue weighted by molar-refractivity contribution is -0.153. The number of methoxy groups -OCH3 is 1. The summed E-state index contributed by atoms with van der Waals surface area (Å²) in [5.74, 6) is -0.915. The summed E-state index contributed by atoms with van der Waals surface area (Å²) in [5, 5.41) is 12.6. The summed E-state index contributed by atoms with van der Waals surface area (Å²) in [7, 11) is 1.69. The Kier molecular flexibility index (Phi) is 5.62. The van der Waals surface area contributed by atoms with E-state index in [1.165, 1.54) is 0 Å². The Morgan fingerprint density at radius 1 is 1.19 bits per heavy atom. The van der Waals surface area contributed by atoms with Crippen LogP contribution in [-0.4, -0.2) is 36.2 Å². The van der Waals surface area contributed by atoms with Gasteiger partial charge in [-0.15, -0.1) is 0 Å². The third-order valence-electron chi connectivity index (χ3n) is 5.10. The largest absolute Gasteiger partial charge is 0.481 e. The minimum absolute atomic E-state index is 0.110. The maximum Gasteiger partial charge on any atom is 0.310 e. The van der Waals surface area contributed by atoms with E-state index >= 15 is 0 Å². The second-order valence-electron chi connectivity index (χ2n) is 6.61. The van der Waals surface area contributed by atoms with Gasteiger partial charge in [0.1, 0.15) is 0 Å². The van der Waals surface area contributed by atoms with E-state index in [2.05, 4.69) is 5.32 Å². The van der Waals surface area contributed by atoms with Gasteiger partial charge in [0, 0.05) is 19.6 Å². The van der Waals surface area contributed by atoms with Crippen molar-refractivity contribution in [2.45, 2.75) is 76.4 Å². The Balaban J connectivity index is 1.91. The SMILES string of the molecule is COC1CCC(NC(=O)CC2(C(=O)O)CCCCCC2)C1. The molecule has 120 valence electrons. The van der Waals surface area contributed by atoms with Crippen LogP contribution in [0.1, 0.15) is 64.2 Å². The van der Waals surface area contributed by atoms with Crippen LogP contribution < -0.4 is 5.32 Å². The molecule has 0 aliphatic heterocycles. The first-order valence-electron chi connectivity index (χ1n) is 8.11. The zero-order chi connectivity index (χ0) is 15.3. The monoisotopic (exact) mass is 297 g/mol. The van der Waals surface area contributed by atoms with Gasteiger partial charge in [-0.1, -0.05) is 25.7 Å². The van der Waals surface area contributed by atoms with E-state index in [1.54, 1.807) is 7.11 Å². The maximum atomic E-state index is 12.3. The normalized spacial score (nSPS) is 28.8. The number of amides is 1. The molecule has 21 heavy (non-hydrogen) atoms. The van der Waals surface area contributed by atoms with Gasteiger partial charge in [-0.2, -0.15) is 0 Å². The lowest BCUT2D eigenvalue weighted by atomic mass is 9.77. The van der Waals surface area contributed by atoms with Crippen molar-refractivity contribution in [2.24, 2.45) is 5.41 Å². The van der Waals surface area contributed by atoms with Crippen LogP contribution >= 0.6 is 0 Å². The summed E-state index contributed by atoms with van der Waals surface area (Å²) in [6.07, 6.45) is 8.30. The average molecular weight is 297 g/mol. The van der Waals surface area contributed by atoms with Crippen molar-refractivity contribution in [3.8, 4) is 0 Å². The highest BCUT2D eigenvalue weighted by Crippen LogP contribution is 2.38. The molecule has 2 rings (SSSR count). The smallest absolute Gasteiger partial charge is 0.310 e. The molecule has 1 amide bonds. The fraction of sp³-hybridized carbons (Fsp3) is 0.875. The van der Waals surface area contributed by atoms with Gasteiger partial charge in [0.05, 0.1) is 11.5 Å². The summed E-state index contributed by atoms with van der Waals surface area (Å²) < 4.78 is 5.30. The molecule has 0 radical (unpaired) electrons. The average Bonchev–Trinajstić information content (AvgIpc) is 2.75. The van der Waals surface area contributed by atoms with Crippen LogP contribution in [0.2, 0.25) is 0 Å². The van der Waals surface area contributed by atoms with Crippen LogP contribution in [0.25, 0.3) is 0 Å². The fourth-order valence-electron chi connectivity index (χ4n) is 3.74. The summed E-state index contributed by atoms with van der Waals surface area (Å²) in [6, 6.07) is 0.138. The minimum Gasteiger partial charge on any atom is -0.481 e. The van der Waals surface area contributed by atoms with Crippen molar-refractivity contribution >= 4 is 11.9 Å². The molecule has 2 aliphatic carbocycles. The Labute approximate surface area is 126 Å². The molecule has 0 saturated heterocycles. The molecular weight excluding hydrogens is 270 g/mol. The van der Waals surface area contributed by atoms with Crippen molar-refractivity contribution < 1.29 is 19.4 Å². The number of carboxylic acids is 1. The fourth-order valence-corrected chi connectivity index (χ4v) is 3.74. The Morgan fingerprint density at radius 2 is 1.86 bits per heavy atom. The molecule has 0 aromatic carbocycles. The highest BCUT2D eigenvalue weighted by Gasteiger charge is 2.41. The summed E-state index contributed by atoms with van der Waals surface area (Å²) >= 11 is 0. The highest BCUT2D eigenvalue weighted by atomic mass is 16.5. The van der Waals surface area contributed by atoms with Crippen LogP contribution in [0.5, 0.6) is 0 Å². The Hall–Kier alpha value is -1.10. The molecule has 5 heteroatoms. The van der Waals surface area contributed by atoms with E-state index in [0.717, 1.165) is 44.9 Å². The van der Waals surface area contributed by atoms with Gasteiger partial charge in [-0.05, 0) is 32.1 Å².